The van der Waals surface area contributed by atoms with E-state index in [4.69, 9.17) is 9.84 Å². The molecule has 7 heteroatoms. The van der Waals surface area contributed by atoms with E-state index in [1.54, 1.807) is 38.1 Å². The first-order valence-electron chi connectivity index (χ1n) is 11.6. The Kier molecular flexibility index (Phi) is 7.15. The number of nitrogens with zero attached hydrogens (tertiary/aromatic N) is 1. The number of carboxylic acid groups (broad SMARTS) is 1. The maximum atomic E-state index is 12.6. The monoisotopic (exact) mass is 472 g/mol. The Bertz CT molecular complexity index is 1210. The third-order valence-electron chi connectivity index (χ3n) is 6.12. The van der Waals surface area contributed by atoms with Gasteiger partial charge in [0.05, 0.1) is 6.42 Å². The van der Waals surface area contributed by atoms with Gasteiger partial charge in [0.2, 0.25) is 5.91 Å². The van der Waals surface area contributed by atoms with Crippen LogP contribution in [0.1, 0.15) is 36.5 Å². The zero-order valence-corrected chi connectivity index (χ0v) is 19.7. The summed E-state index contributed by atoms with van der Waals surface area (Å²) in [6.45, 7) is 3.40. The normalized spacial score (nSPS) is 12.1. The van der Waals surface area contributed by atoms with Gasteiger partial charge in [-0.2, -0.15) is 0 Å². The molecule has 0 saturated heterocycles. The number of nitrogens with one attached hydrogen (secondary N) is 1. The summed E-state index contributed by atoms with van der Waals surface area (Å²) in [6, 6.07) is 22.9. The molecule has 0 radical (unpaired) electrons. The summed E-state index contributed by atoms with van der Waals surface area (Å²) in [5.74, 6) is -1.38. The van der Waals surface area contributed by atoms with Gasteiger partial charge in [-0.1, -0.05) is 60.7 Å². The minimum absolute atomic E-state index is 0.0334. The number of carbonyl (C=O) groups is 3. The molecular formula is C28H28N2O5. The van der Waals surface area contributed by atoms with Crippen LogP contribution >= 0.6 is 0 Å². The van der Waals surface area contributed by atoms with Crippen molar-refractivity contribution in [3.63, 3.8) is 0 Å². The summed E-state index contributed by atoms with van der Waals surface area (Å²) in [5, 5.41) is 11.8. The van der Waals surface area contributed by atoms with Crippen molar-refractivity contribution in [2.75, 3.05) is 18.5 Å². The minimum Gasteiger partial charge on any atom is -0.480 e. The molecule has 0 fully saturated rings. The fraction of sp³-hybridized carbons (Fsp3) is 0.250. The lowest BCUT2D eigenvalue weighted by Crippen LogP contribution is -2.41. The Labute approximate surface area is 204 Å². The highest BCUT2D eigenvalue weighted by molar-refractivity contribution is 5.86. The molecule has 0 heterocycles. The van der Waals surface area contributed by atoms with Gasteiger partial charge in [-0.05, 0) is 53.8 Å². The molecule has 1 aliphatic rings. The molecule has 0 unspecified atom stereocenters. The number of fused-ring (bicyclic) bond motifs is 3. The second-order valence-electron chi connectivity index (χ2n) is 8.84. The number of hydrogen-bond acceptors (Lipinski definition) is 4. The van der Waals surface area contributed by atoms with E-state index in [-0.39, 0.29) is 37.4 Å². The second-order valence-corrected chi connectivity index (χ2v) is 8.84. The maximum Gasteiger partial charge on any atom is 0.411 e. The lowest BCUT2D eigenvalue weighted by molar-refractivity contribution is -0.145. The third kappa shape index (κ3) is 5.51. The van der Waals surface area contributed by atoms with Crippen LogP contribution in [0, 0.1) is 0 Å². The van der Waals surface area contributed by atoms with Crippen molar-refractivity contribution in [3.05, 3.63) is 89.5 Å². The van der Waals surface area contributed by atoms with Gasteiger partial charge in [0.1, 0.15) is 13.2 Å². The number of aliphatic carboxylic acids is 1. The molecule has 35 heavy (non-hydrogen) atoms. The molecule has 3 aromatic rings. The Morgan fingerprint density at radius 3 is 2.17 bits per heavy atom. The van der Waals surface area contributed by atoms with E-state index in [2.05, 4.69) is 29.6 Å². The molecule has 180 valence electrons. The van der Waals surface area contributed by atoms with Gasteiger partial charge in [-0.15, -0.1) is 0 Å². The molecule has 0 saturated carbocycles. The summed E-state index contributed by atoms with van der Waals surface area (Å²) in [7, 11) is 0. The molecule has 0 aromatic heterocycles. The molecule has 0 aliphatic heterocycles. The molecule has 2 N–H and O–H groups in total. The van der Waals surface area contributed by atoms with Crippen molar-refractivity contribution >= 4 is 23.7 Å². The topological polar surface area (TPSA) is 95.9 Å². The zero-order chi connectivity index (χ0) is 24.9. The van der Waals surface area contributed by atoms with Crippen LogP contribution in [-0.4, -0.2) is 47.2 Å². The fourth-order valence-corrected chi connectivity index (χ4v) is 4.49. The van der Waals surface area contributed by atoms with Crippen LogP contribution in [0.4, 0.5) is 10.5 Å². The Hall–Kier alpha value is -4.13. The number of carboxylic acids is 1. The first-order valence-corrected chi connectivity index (χ1v) is 11.6. The molecule has 4 rings (SSSR count). The quantitative estimate of drug-likeness (QED) is 0.486. The van der Waals surface area contributed by atoms with Gasteiger partial charge in [0.15, 0.2) is 0 Å². The molecule has 0 bridgehead atoms. The Morgan fingerprint density at radius 1 is 0.943 bits per heavy atom. The largest absolute Gasteiger partial charge is 0.480 e. The average Bonchev–Trinajstić information content (AvgIpc) is 3.15. The smallest absolute Gasteiger partial charge is 0.411 e. The van der Waals surface area contributed by atoms with Crippen LogP contribution < -0.4 is 5.32 Å². The number of carbonyl (C=O) groups excluding carboxylic acids is 2. The number of hydrogen-bond donors (Lipinski definition) is 2. The van der Waals surface area contributed by atoms with Gasteiger partial charge >= 0.3 is 12.1 Å². The second kappa shape index (κ2) is 10.4. The summed E-state index contributed by atoms with van der Waals surface area (Å²) in [4.78, 5) is 37.6. The highest BCUT2D eigenvalue weighted by Crippen LogP contribution is 2.44. The number of ether oxygens (including phenoxy) is 1. The van der Waals surface area contributed by atoms with Gasteiger partial charge in [-0.25, -0.2) is 4.79 Å². The minimum atomic E-state index is -1.06. The van der Waals surface area contributed by atoms with Crippen LogP contribution in [0.15, 0.2) is 72.8 Å². The van der Waals surface area contributed by atoms with Crippen LogP contribution in [0.5, 0.6) is 0 Å². The third-order valence-corrected chi connectivity index (χ3v) is 6.12. The van der Waals surface area contributed by atoms with E-state index in [1.807, 2.05) is 24.3 Å². The summed E-state index contributed by atoms with van der Waals surface area (Å²) in [6.07, 6.45) is -0.545. The van der Waals surface area contributed by atoms with Crippen molar-refractivity contribution in [3.8, 4) is 11.1 Å². The number of anilines is 1. The molecule has 0 spiro atoms. The number of amides is 2. The van der Waals surface area contributed by atoms with Crippen LogP contribution in [-0.2, 0) is 20.7 Å². The molecular weight excluding hydrogens is 444 g/mol. The molecule has 3 aromatic carbocycles. The van der Waals surface area contributed by atoms with Crippen molar-refractivity contribution in [2.24, 2.45) is 0 Å². The van der Waals surface area contributed by atoms with E-state index in [1.165, 1.54) is 4.90 Å². The number of benzene rings is 3. The predicted molar refractivity (Wildman–Crippen MR) is 133 cm³/mol. The highest BCUT2D eigenvalue weighted by Gasteiger charge is 2.29. The van der Waals surface area contributed by atoms with Crippen LogP contribution in [0.3, 0.4) is 0 Å². The fourth-order valence-electron chi connectivity index (χ4n) is 4.49. The average molecular weight is 473 g/mol. The van der Waals surface area contributed by atoms with Crippen LogP contribution in [0.2, 0.25) is 0 Å². The first-order chi connectivity index (χ1) is 16.8. The molecule has 7 nitrogen and oxygen atoms in total. The van der Waals surface area contributed by atoms with E-state index < -0.39 is 12.1 Å². The van der Waals surface area contributed by atoms with E-state index >= 15 is 0 Å². The van der Waals surface area contributed by atoms with E-state index in [9.17, 15) is 14.4 Å². The van der Waals surface area contributed by atoms with Crippen molar-refractivity contribution in [1.29, 1.82) is 0 Å². The molecule has 0 atom stereocenters. The van der Waals surface area contributed by atoms with Gasteiger partial charge in [0, 0.05) is 17.6 Å². The lowest BCUT2D eigenvalue weighted by Gasteiger charge is -2.25. The van der Waals surface area contributed by atoms with Crippen LogP contribution in [0.25, 0.3) is 11.1 Å². The highest BCUT2D eigenvalue weighted by atomic mass is 16.5. The first kappa shape index (κ1) is 24.0. The zero-order valence-electron chi connectivity index (χ0n) is 19.7. The van der Waals surface area contributed by atoms with E-state index in [0.717, 1.165) is 22.3 Å². The Morgan fingerprint density at radius 2 is 1.57 bits per heavy atom. The van der Waals surface area contributed by atoms with E-state index in [0.29, 0.717) is 11.3 Å². The molecule has 2 amide bonds. The maximum absolute atomic E-state index is 12.6. The summed E-state index contributed by atoms with van der Waals surface area (Å²) < 4.78 is 5.59. The predicted octanol–water partition coefficient (Wildman–Crippen LogP) is 4.91. The van der Waals surface area contributed by atoms with Gasteiger partial charge in [0.25, 0.3) is 0 Å². The number of rotatable bonds is 8. The Balaban J connectivity index is 1.39. The SMILES string of the molecule is CC(C)N(CC(=O)O)C(=O)Cc1cccc(NC(=O)OCC2c3ccccc3-c3ccccc32)c1. The lowest BCUT2D eigenvalue weighted by atomic mass is 9.98. The van der Waals surface area contributed by atoms with Crippen molar-refractivity contribution < 1.29 is 24.2 Å². The standard InChI is InChI=1S/C28H28N2O5/c1-18(2)30(16-27(32)33)26(31)15-19-8-7-9-20(14-19)29-28(34)35-17-25-23-12-5-3-10-21(23)22-11-4-6-13-24(22)25/h3-14,18,25H,15-17H2,1-2H3,(H,29,34)(H,32,33). The summed E-state index contributed by atoms with van der Waals surface area (Å²) >= 11 is 0. The summed E-state index contributed by atoms with van der Waals surface area (Å²) in [5.41, 5.74) is 5.76. The van der Waals surface area contributed by atoms with Crippen molar-refractivity contribution in [1.82, 2.24) is 4.90 Å². The van der Waals surface area contributed by atoms with Gasteiger partial charge in [-0.3, -0.25) is 14.9 Å². The van der Waals surface area contributed by atoms with Crippen molar-refractivity contribution in [2.45, 2.75) is 32.2 Å². The van der Waals surface area contributed by atoms with Gasteiger partial charge < -0.3 is 14.7 Å². The molecule has 1 aliphatic carbocycles.